The van der Waals surface area contributed by atoms with Crippen molar-refractivity contribution in [2.24, 2.45) is 0 Å². The zero-order valence-electron chi connectivity index (χ0n) is 9.68. The molecule has 1 aromatic rings. The first-order chi connectivity index (χ1) is 7.09. The number of rotatable bonds is 5. The van der Waals surface area contributed by atoms with Crippen molar-refractivity contribution in [1.29, 1.82) is 0 Å². The Morgan fingerprint density at radius 3 is 2.67 bits per heavy atom. The molecule has 3 heteroatoms. The highest BCUT2D eigenvalue weighted by Gasteiger charge is 1.97. The average Bonchev–Trinajstić information content (AvgIpc) is 2.18. The molecule has 1 rings (SSSR count). The molecule has 0 heterocycles. The van der Waals surface area contributed by atoms with Crippen LogP contribution in [-0.2, 0) is 0 Å². The molecule has 0 aliphatic carbocycles. The highest BCUT2D eigenvalue weighted by molar-refractivity contribution is 6.31. The van der Waals surface area contributed by atoms with Crippen molar-refractivity contribution < 1.29 is 0 Å². The summed E-state index contributed by atoms with van der Waals surface area (Å²) in [4.78, 5) is 2.19. The highest BCUT2D eigenvalue weighted by Crippen LogP contribution is 2.19. The maximum absolute atomic E-state index is 5.95. The lowest BCUT2D eigenvalue weighted by molar-refractivity contribution is 0.405. The van der Waals surface area contributed by atoms with Crippen LogP contribution in [0.4, 0.5) is 5.69 Å². The second-order valence-electron chi connectivity index (χ2n) is 4.05. The van der Waals surface area contributed by atoms with E-state index in [9.17, 15) is 0 Å². The summed E-state index contributed by atoms with van der Waals surface area (Å²) in [6.45, 7) is 4.13. The Morgan fingerprint density at radius 1 is 1.33 bits per heavy atom. The van der Waals surface area contributed by atoms with Gasteiger partial charge in [-0.25, -0.2) is 0 Å². The third-order valence-electron chi connectivity index (χ3n) is 2.27. The van der Waals surface area contributed by atoms with Gasteiger partial charge >= 0.3 is 0 Å². The highest BCUT2D eigenvalue weighted by atomic mass is 35.5. The van der Waals surface area contributed by atoms with Crippen LogP contribution in [0.3, 0.4) is 0 Å². The Bertz CT molecular complexity index is 310. The molecule has 1 aromatic carbocycles. The molecule has 0 bridgehead atoms. The Kier molecular flexibility index (Phi) is 4.92. The molecule has 0 radical (unpaired) electrons. The van der Waals surface area contributed by atoms with Gasteiger partial charge in [-0.2, -0.15) is 0 Å². The van der Waals surface area contributed by atoms with Crippen molar-refractivity contribution in [3.05, 3.63) is 28.8 Å². The van der Waals surface area contributed by atoms with Crippen LogP contribution in [0, 0.1) is 6.92 Å². The molecule has 0 amide bonds. The minimum Gasteiger partial charge on any atom is -0.385 e. The predicted octanol–water partition coefficient (Wildman–Crippen LogP) is 3.01. The van der Waals surface area contributed by atoms with Crippen LogP contribution in [0.5, 0.6) is 0 Å². The third kappa shape index (κ3) is 4.54. The summed E-state index contributed by atoms with van der Waals surface area (Å²) in [6.07, 6.45) is 1.15. The summed E-state index contributed by atoms with van der Waals surface area (Å²) in [5.74, 6) is 0. The smallest absolute Gasteiger partial charge is 0.0436 e. The van der Waals surface area contributed by atoms with Gasteiger partial charge in [-0.1, -0.05) is 11.6 Å². The molecule has 0 fully saturated rings. The maximum Gasteiger partial charge on any atom is 0.0436 e. The van der Waals surface area contributed by atoms with E-state index in [-0.39, 0.29) is 0 Å². The van der Waals surface area contributed by atoms with Gasteiger partial charge in [0, 0.05) is 17.3 Å². The van der Waals surface area contributed by atoms with E-state index in [1.807, 2.05) is 19.1 Å². The number of benzene rings is 1. The van der Waals surface area contributed by atoms with Crippen LogP contribution in [0.25, 0.3) is 0 Å². The molecule has 0 aromatic heterocycles. The van der Waals surface area contributed by atoms with Crippen molar-refractivity contribution in [2.75, 3.05) is 32.5 Å². The molecule has 0 saturated heterocycles. The van der Waals surface area contributed by atoms with Gasteiger partial charge < -0.3 is 10.2 Å². The molecular formula is C12H19ClN2. The van der Waals surface area contributed by atoms with Crippen LogP contribution in [0.1, 0.15) is 12.0 Å². The molecule has 15 heavy (non-hydrogen) atoms. The van der Waals surface area contributed by atoms with Gasteiger partial charge in [0.2, 0.25) is 0 Å². The molecule has 0 aliphatic rings. The first kappa shape index (κ1) is 12.3. The van der Waals surface area contributed by atoms with Crippen LogP contribution in [0.2, 0.25) is 5.02 Å². The fourth-order valence-corrected chi connectivity index (χ4v) is 1.50. The Morgan fingerprint density at radius 2 is 2.07 bits per heavy atom. The van der Waals surface area contributed by atoms with Crippen molar-refractivity contribution >= 4 is 17.3 Å². The quantitative estimate of drug-likeness (QED) is 0.777. The number of nitrogens with zero attached hydrogens (tertiary/aromatic N) is 1. The minimum absolute atomic E-state index is 0.828. The van der Waals surface area contributed by atoms with Gasteiger partial charge in [0.1, 0.15) is 0 Å². The van der Waals surface area contributed by atoms with Crippen LogP contribution < -0.4 is 5.32 Å². The van der Waals surface area contributed by atoms with Crippen molar-refractivity contribution in [2.45, 2.75) is 13.3 Å². The topological polar surface area (TPSA) is 15.3 Å². The standard InChI is InChI=1S/C12H19ClN2/c1-10-9-11(5-6-12(10)13)14-7-4-8-15(2)3/h5-6,9,14H,4,7-8H2,1-3H3. The largest absolute Gasteiger partial charge is 0.385 e. The first-order valence-electron chi connectivity index (χ1n) is 5.24. The van der Waals surface area contributed by atoms with Crippen molar-refractivity contribution in [3.63, 3.8) is 0 Å². The molecule has 0 saturated carbocycles. The molecule has 2 nitrogen and oxygen atoms in total. The normalized spacial score (nSPS) is 10.7. The van der Waals surface area contributed by atoms with E-state index in [1.54, 1.807) is 0 Å². The van der Waals surface area contributed by atoms with Crippen LogP contribution in [-0.4, -0.2) is 32.1 Å². The van der Waals surface area contributed by atoms with E-state index >= 15 is 0 Å². The molecule has 0 atom stereocenters. The summed E-state index contributed by atoms with van der Waals surface area (Å²) in [6, 6.07) is 6.04. The fourth-order valence-electron chi connectivity index (χ4n) is 1.38. The van der Waals surface area contributed by atoms with Crippen molar-refractivity contribution in [1.82, 2.24) is 4.90 Å². The number of hydrogen-bond donors (Lipinski definition) is 1. The zero-order chi connectivity index (χ0) is 11.3. The second kappa shape index (κ2) is 5.99. The van der Waals surface area contributed by atoms with E-state index in [4.69, 9.17) is 11.6 Å². The average molecular weight is 227 g/mol. The summed E-state index contributed by atoms with van der Waals surface area (Å²) < 4.78 is 0. The third-order valence-corrected chi connectivity index (χ3v) is 2.69. The van der Waals surface area contributed by atoms with E-state index < -0.39 is 0 Å². The van der Waals surface area contributed by atoms with Gasteiger partial charge in [-0.05, 0) is 57.7 Å². The molecule has 0 aliphatic heterocycles. The van der Waals surface area contributed by atoms with Gasteiger partial charge in [-0.15, -0.1) is 0 Å². The lowest BCUT2D eigenvalue weighted by atomic mass is 10.2. The van der Waals surface area contributed by atoms with Crippen LogP contribution >= 0.6 is 11.6 Å². The Balaban J connectivity index is 2.35. The number of anilines is 1. The molecule has 84 valence electrons. The lowest BCUT2D eigenvalue weighted by Crippen LogP contribution is -2.16. The van der Waals surface area contributed by atoms with Gasteiger partial charge in [0.15, 0.2) is 0 Å². The lowest BCUT2D eigenvalue weighted by Gasteiger charge is -2.11. The Hall–Kier alpha value is -0.730. The number of halogens is 1. The predicted molar refractivity (Wildman–Crippen MR) is 67.8 cm³/mol. The van der Waals surface area contributed by atoms with Gasteiger partial charge in [0.05, 0.1) is 0 Å². The fraction of sp³-hybridized carbons (Fsp3) is 0.500. The van der Waals surface area contributed by atoms with Crippen LogP contribution in [0.15, 0.2) is 18.2 Å². The summed E-state index contributed by atoms with van der Waals surface area (Å²) >= 11 is 5.95. The maximum atomic E-state index is 5.95. The van der Waals surface area contributed by atoms with E-state index in [2.05, 4.69) is 30.4 Å². The van der Waals surface area contributed by atoms with Crippen molar-refractivity contribution in [3.8, 4) is 0 Å². The molecule has 0 unspecified atom stereocenters. The summed E-state index contributed by atoms with van der Waals surface area (Å²) in [5, 5.41) is 4.21. The second-order valence-corrected chi connectivity index (χ2v) is 4.45. The molecular weight excluding hydrogens is 208 g/mol. The molecule has 0 spiro atoms. The van der Waals surface area contributed by atoms with E-state index in [0.717, 1.165) is 35.8 Å². The first-order valence-corrected chi connectivity index (χ1v) is 5.62. The molecule has 1 N–H and O–H groups in total. The summed E-state index contributed by atoms with van der Waals surface area (Å²) in [5.41, 5.74) is 2.27. The van der Waals surface area contributed by atoms with Gasteiger partial charge in [0.25, 0.3) is 0 Å². The minimum atomic E-state index is 0.828. The zero-order valence-corrected chi connectivity index (χ0v) is 10.4. The summed E-state index contributed by atoms with van der Waals surface area (Å²) in [7, 11) is 4.18. The number of nitrogens with one attached hydrogen (secondary N) is 1. The number of hydrogen-bond acceptors (Lipinski definition) is 2. The monoisotopic (exact) mass is 226 g/mol. The number of aryl methyl sites for hydroxylation is 1. The van der Waals surface area contributed by atoms with E-state index in [1.165, 1.54) is 0 Å². The van der Waals surface area contributed by atoms with E-state index in [0.29, 0.717) is 0 Å². The van der Waals surface area contributed by atoms with Gasteiger partial charge in [-0.3, -0.25) is 0 Å². The SMILES string of the molecule is Cc1cc(NCCCN(C)C)ccc1Cl. The Labute approximate surface area is 97.2 Å².